The topological polar surface area (TPSA) is 23.1 Å². The van der Waals surface area contributed by atoms with Crippen LogP contribution >= 0.6 is 0 Å². The molecule has 0 aromatic carbocycles. The summed E-state index contributed by atoms with van der Waals surface area (Å²) < 4.78 is 0. The molecule has 1 aliphatic heterocycles. The highest BCUT2D eigenvalue weighted by atomic mass is 16.3. The zero-order valence-corrected chi connectivity index (χ0v) is 7.83. The molecule has 0 atom stereocenters. The molecule has 0 amide bonds. The molecule has 0 aromatic rings. The smallest absolute Gasteiger partial charge is 0.0954 e. The van der Waals surface area contributed by atoms with Gasteiger partial charge in [-0.2, -0.15) is 0 Å². The van der Waals surface area contributed by atoms with Crippen molar-refractivity contribution >= 4 is 0 Å². The molecule has 1 saturated carbocycles. The van der Waals surface area contributed by atoms with Crippen molar-refractivity contribution in [2.75, 3.05) is 13.1 Å². The Bertz CT molecular complexity index is 146. The van der Waals surface area contributed by atoms with Crippen LogP contribution in [0.3, 0.4) is 0 Å². The van der Waals surface area contributed by atoms with Crippen LogP contribution in [0.4, 0.5) is 0 Å². The third-order valence-corrected chi connectivity index (χ3v) is 3.34. The van der Waals surface area contributed by atoms with Gasteiger partial charge < -0.3 is 4.90 Å². The van der Waals surface area contributed by atoms with E-state index in [0.717, 1.165) is 37.9 Å². The first kappa shape index (κ1) is 8.52. The molecule has 1 heterocycles. The molecule has 1 saturated heterocycles. The van der Waals surface area contributed by atoms with Gasteiger partial charge in [-0.15, -0.1) is 0 Å². The number of nitrogens with zero attached hydrogens (tertiary/aromatic N) is 1. The summed E-state index contributed by atoms with van der Waals surface area (Å²) in [5, 5.41) is 11.1. The molecule has 2 aliphatic rings. The maximum Gasteiger partial charge on any atom is 0.0954 e. The molecular weight excluding hydrogens is 150 g/mol. The quantitative estimate of drug-likeness (QED) is 0.584. The van der Waals surface area contributed by atoms with E-state index in [-0.39, 0.29) is 6.10 Å². The van der Waals surface area contributed by atoms with Crippen LogP contribution in [-0.2, 0) is 5.11 Å². The van der Waals surface area contributed by atoms with Crippen molar-refractivity contribution in [2.24, 2.45) is 5.92 Å². The summed E-state index contributed by atoms with van der Waals surface area (Å²) in [6.07, 6.45) is 4.22. The fraction of sp³-hybridized carbons (Fsp3) is 1.00. The average molecular weight is 168 g/mol. The maximum absolute atomic E-state index is 11.1. The third kappa shape index (κ3) is 1.64. The fourth-order valence-electron chi connectivity index (χ4n) is 2.40. The van der Waals surface area contributed by atoms with Crippen LogP contribution < -0.4 is 0 Å². The van der Waals surface area contributed by atoms with Gasteiger partial charge >= 0.3 is 0 Å². The third-order valence-electron chi connectivity index (χ3n) is 3.34. The minimum absolute atomic E-state index is 0.265. The lowest BCUT2D eigenvalue weighted by atomic mass is 9.80. The Labute approximate surface area is 74.6 Å². The van der Waals surface area contributed by atoms with Crippen molar-refractivity contribution in [3.63, 3.8) is 0 Å². The van der Waals surface area contributed by atoms with E-state index in [0.29, 0.717) is 0 Å². The summed E-state index contributed by atoms with van der Waals surface area (Å²) in [4.78, 5) is 2.52. The minimum atomic E-state index is -0.265. The molecule has 2 heteroatoms. The molecule has 0 N–H and O–H groups in total. The second kappa shape index (κ2) is 3.35. The predicted octanol–water partition coefficient (Wildman–Crippen LogP) is 1.68. The lowest BCUT2D eigenvalue weighted by molar-refractivity contribution is -0.00765. The first-order valence-corrected chi connectivity index (χ1v) is 5.15. The monoisotopic (exact) mass is 168 g/mol. The predicted molar refractivity (Wildman–Crippen MR) is 47.5 cm³/mol. The van der Waals surface area contributed by atoms with Crippen molar-refractivity contribution < 1.29 is 5.11 Å². The lowest BCUT2D eigenvalue weighted by Crippen LogP contribution is -2.48. The van der Waals surface area contributed by atoms with Gasteiger partial charge in [0.1, 0.15) is 0 Å². The van der Waals surface area contributed by atoms with Crippen LogP contribution in [0.2, 0.25) is 0 Å². The van der Waals surface area contributed by atoms with Crippen LogP contribution in [0.25, 0.3) is 0 Å². The number of rotatable bonds is 1. The Morgan fingerprint density at radius 3 is 2.25 bits per heavy atom. The highest BCUT2D eigenvalue weighted by molar-refractivity contribution is 4.87. The van der Waals surface area contributed by atoms with E-state index in [4.69, 9.17) is 0 Å². The van der Waals surface area contributed by atoms with Crippen LogP contribution in [0.1, 0.15) is 32.6 Å². The van der Waals surface area contributed by atoms with E-state index in [1.54, 1.807) is 0 Å². The van der Waals surface area contributed by atoms with Crippen molar-refractivity contribution in [3.05, 3.63) is 0 Å². The van der Waals surface area contributed by atoms with E-state index in [1.165, 1.54) is 12.8 Å². The van der Waals surface area contributed by atoms with E-state index in [1.807, 2.05) is 0 Å². The van der Waals surface area contributed by atoms with E-state index < -0.39 is 0 Å². The molecule has 1 radical (unpaired) electrons. The van der Waals surface area contributed by atoms with Gasteiger partial charge in [0.25, 0.3) is 0 Å². The summed E-state index contributed by atoms with van der Waals surface area (Å²) in [6.45, 7) is 4.44. The zero-order valence-electron chi connectivity index (χ0n) is 7.83. The molecule has 0 spiro atoms. The molecule has 12 heavy (non-hydrogen) atoms. The summed E-state index contributed by atoms with van der Waals surface area (Å²) in [7, 11) is 0. The molecular formula is C10H18NO. The molecule has 2 fully saturated rings. The van der Waals surface area contributed by atoms with E-state index in [2.05, 4.69) is 11.8 Å². The normalized spacial score (nSPS) is 39.5. The Kier molecular flexibility index (Phi) is 2.37. The van der Waals surface area contributed by atoms with E-state index in [9.17, 15) is 5.11 Å². The zero-order chi connectivity index (χ0) is 8.55. The Hall–Kier alpha value is -0.0800. The highest BCUT2D eigenvalue weighted by Gasteiger charge is 2.32. The summed E-state index contributed by atoms with van der Waals surface area (Å²) in [5.74, 6) is 0.931. The fourth-order valence-corrected chi connectivity index (χ4v) is 2.40. The first-order valence-electron chi connectivity index (χ1n) is 5.15. The summed E-state index contributed by atoms with van der Waals surface area (Å²) in [6, 6.07) is 0.826. The van der Waals surface area contributed by atoms with Gasteiger partial charge in [-0.3, -0.25) is 0 Å². The average Bonchev–Trinajstić information content (AvgIpc) is 2.01. The van der Waals surface area contributed by atoms with E-state index >= 15 is 0 Å². The molecule has 0 aromatic heterocycles. The standard InChI is InChI=1S/C10H18NO/c1-8-6-9(7-8)11-4-2-10(12)3-5-11/h8-10H,2-7H2,1H3. The van der Waals surface area contributed by atoms with Crippen molar-refractivity contribution in [1.82, 2.24) is 4.90 Å². The lowest BCUT2D eigenvalue weighted by Gasteiger charge is -2.43. The highest BCUT2D eigenvalue weighted by Crippen LogP contribution is 2.32. The van der Waals surface area contributed by atoms with Crippen molar-refractivity contribution in [3.8, 4) is 0 Å². The molecule has 0 unspecified atom stereocenters. The molecule has 2 nitrogen and oxygen atoms in total. The largest absolute Gasteiger partial charge is 0.300 e. The van der Waals surface area contributed by atoms with Crippen molar-refractivity contribution in [2.45, 2.75) is 44.8 Å². The maximum atomic E-state index is 11.1. The van der Waals surface area contributed by atoms with Gasteiger partial charge in [-0.25, -0.2) is 5.11 Å². The molecule has 2 rings (SSSR count). The summed E-state index contributed by atoms with van der Waals surface area (Å²) >= 11 is 0. The number of hydrogen-bond donors (Lipinski definition) is 0. The van der Waals surface area contributed by atoms with Crippen molar-refractivity contribution in [1.29, 1.82) is 0 Å². The second-order valence-corrected chi connectivity index (χ2v) is 4.47. The Morgan fingerprint density at radius 1 is 1.17 bits per heavy atom. The summed E-state index contributed by atoms with van der Waals surface area (Å²) in [5.41, 5.74) is 0. The minimum Gasteiger partial charge on any atom is -0.300 e. The van der Waals surface area contributed by atoms with Gasteiger partial charge in [0.15, 0.2) is 0 Å². The van der Waals surface area contributed by atoms with Crippen LogP contribution in [0, 0.1) is 5.92 Å². The molecule has 1 aliphatic carbocycles. The first-order chi connectivity index (χ1) is 5.75. The van der Waals surface area contributed by atoms with Gasteiger partial charge in [0.2, 0.25) is 0 Å². The number of piperidine rings is 1. The van der Waals surface area contributed by atoms with Gasteiger partial charge in [0, 0.05) is 19.1 Å². The molecule has 0 bridgehead atoms. The molecule has 69 valence electrons. The van der Waals surface area contributed by atoms with Crippen LogP contribution in [-0.4, -0.2) is 30.1 Å². The second-order valence-electron chi connectivity index (χ2n) is 4.47. The SMILES string of the molecule is CC1CC(N2CCC([O])CC2)C1. The van der Waals surface area contributed by atoms with Gasteiger partial charge in [-0.1, -0.05) is 6.92 Å². The number of hydrogen-bond acceptors (Lipinski definition) is 1. The number of likely N-dealkylation sites (tertiary alicyclic amines) is 1. The van der Waals surface area contributed by atoms with Crippen LogP contribution in [0.15, 0.2) is 0 Å². The Morgan fingerprint density at radius 2 is 1.75 bits per heavy atom. The van der Waals surface area contributed by atoms with Gasteiger partial charge in [0.05, 0.1) is 6.10 Å². The van der Waals surface area contributed by atoms with Crippen LogP contribution in [0.5, 0.6) is 0 Å². The van der Waals surface area contributed by atoms with Gasteiger partial charge in [-0.05, 0) is 31.6 Å². The Balaban J connectivity index is 1.75.